The fraction of sp³-hybridized carbons (Fsp3) is 0.909. The molecule has 0 spiro atoms. The van der Waals surface area contributed by atoms with Gasteiger partial charge in [0.15, 0.2) is 0 Å². The van der Waals surface area contributed by atoms with E-state index in [1.807, 2.05) is 4.90 Å². The van der Waals surface area contributed by atoms with Crippen LogP contribution in [0.3, 0.4) is 0 Å². The van der Waals surface area contributed by atoms with Crippen molar-refractivity contribution >= 4 is 5.97 Å². The molecule has 0 bridgehead atoms. The first-order valence-corrected chi connectivity index (χ1v) is 6.01. The molecule has 2 unspecified atom stereocenters. The van der Waals surface area contributed by atoms with Crippen molar-refractivity contribution < 1.29 is 24.9 Å². The van der Waals surface area contributed by atoms with E-state index >= 15 is 0 Å². The number of aliphatic hydroxyl groups excluding tert-OH is 2. The molecule has 0 aromatic carbocycles. The molecule has 0 saturated carbocycles. The van der Waals surface area contributed by atoms with Crippen molar-refractivity contribution in [3.05, 3.63) is 0 Å². The number of nitrogens with two attached hydrogens (primary N) is 1. The van der Waals surface area contributed by atoms with Crippen LogP contribution in [0, 0.1) is 0 Å². The van der Waals surface area contributed by atoms with Gasteiger partial charge in [-0.2, -0.15) is 0 Å². The molecular weight excluding hydrogens is 240 g/mol. The zero-order chi connectivity index (χ0) is 13.9. The first kappa shape index (κ1) is 15.3. The van der Waals surface area contributed by atoms with Crippen molar-refractivity contribution in [3.8, 4) is 0 Å². The quantitative estimate of drug-likeness (QED) is 0.447. The molecule has 1 heterocycles. The summed E-state index contributed by atoms with van der Waals surface area (Å²) in [6, 6.07) is -0.883. The third-order valence-electron chi connectivity index (χ3n) is 3.23. The van der Waals surface area contributed by atoms with E-state index in [4.69, 9.17) is 15.6 Å². The van der Waals surface area contributed by atoms with Crippen LogP contribution < -0.4 is 5.73 Å². The van der Waals surface area contributed by atoms with Gasteiger partial charge < -0.3 is 30.7 Å². The molecule has 106 valence electrons. The van der Waals surface area contributed by atoms with Crippen molar-refractivity contribution in [2.45, 2.75) is 43.8 Å². The standard InChI is InChI=1S/C11H22N2O5/c1-6-9(14)10(15)8(18-6)5-13(2)4-3-7(12)11(16)17/h6-10,14-15H,3-5,12H2,1-2H3,(H,16,17)/t6?,7-,8?,9+,10-/m1/s1. The summed E-state index contributed by atoms with van der Waals surface area (Å²) in [5.41, 5.74) is 5.40. The Kier molecular flexibility index (Phi) is 5.48. The van der Waals surface area contributed by atoms with E-state index in [0.29, 0.717) is 19.5 Å². The van der Waals surface area contributed by atoms with Gasteiger partial charge in [-0.15, -0.1) is 0 Å². The molecule has 1 aliphatic rings. The van der Waals surface area contributed by atoms with E-state index in [0.717, 1.165) is 0 Å². The number of hydrogen-bond donors (Lipinski definition) is 4. The van der Waals surface area contributed by atoms with Crippen molar-refractivity contribution in [1.82, 2.24) is 4.90 Å². The fourth-order valence-corrected chi connectivity index (χ4v) is 1.97. The zero-order valence-corrected chi connectivity index (χ0v) is 10.7. The Bertz CT molecular complexity index is 289. The van der Waals surface area contributed by atoms with Gasteiger partial charge in [0.25, 0.3) is 0 Å². The van der Waals surface area contributed by atoms with E-state index < -0.39 is 30.3 Å². The minimum atomic E-state index is -1.02. The van der Waals surface area contributed by atoms with Crippen LogP contribution in [0.25, 0.3) is 0 Å². The number of aliphatic hydroxyl groups is 2. The fourth-order valence-electron chi connectivity index (χ4n) is 1.97. The molecule has 18 heavy (non-hydrogen) atoms. The Hall–Kier alpha value is -0.730. The number of likely N-dealkylation sites (N-methyl/N-ethyl adjacent to an activating group) is 1. The summed E-state index contributed by atoms with van der Waals surface area (Å²) < 4.78 is 5.42. The van der Waals surface area contributed by atoms with Gasteiger partial charge in [0.1, 0.15) is 18.2 Å². The second-order valence-corrected chi connectivity index (χ2v) is 4.86. The molecule has 0 aromatic rings. The van der Waals surface area contributed by atoms with Gasteiger partial charge in [-0.1, -0.05) is 0 Å². The molecule has 1 fully saturated rings. The number of aliphatic carboxylic acids is 1. The van der Waals surface area contributed by atoms with Crippen LogP contribution in [0.4, 0.5) is 0 Å². The summed E-state index contributed by atoms with van der Waals surface area (Å²) in [6.45, 7) is 2.62. The van der Waals surface area contributed by atoms with Crippen LogP contribution in [0.2, 0.25) is 0 Å². The minimum absolute atomic E-state index is 0.326. The Morgan fingerprint density at radius 2 is 2.06 bits per heavy atom. The molecule has 0 amide bonds. The average molecular weight is 262 g/mol. The van der Waals surface area contributed by atoms with Gasteiger partial charge in [0.2, 0.25) is 0 Å². The SMILES string of the molecule is CC1OC(CN(C)CC[C@@H](N)C(=O)O)[C@@H](O)[C@H]1O. The lowest BCUT2D eigenvalue weighted by Gasteiger charge is -2.23. The second kappa shape index (κ2) is 6.44. The largest absolute Gasteiger partial charge is 0.480 e. The van der Waals surface area contributed by atoms with Crippen molar-refractivity contribution in [2.75, 3.05) is 20.1 Å². The molecule has 7 heteroatoms. The molecule has 0 aromatic heterocycles. The zero-order valence-electron chi connectivity index (χ0n) is 10.7. The van der Waals surface area contributed by atoms with Crippen molar-refractivity contribution in [2.24, 2.45) is 5.73 Å². The Balaban J connectivity index is 2.32. The number of nitrogens with zero attached hydrogens (tertiary/aromatic N) is 1. The Labute approximate surface area is 106 Å². The summed E-state index contributed by atoms with van der Waals surface area (Å²) in [4.78, 5) is 12.4. The highest BCUT2D eigenvalue weighted by atomic mass is 16.5. The first-order chi connectivity index (χ1) is 8.32. The lowest BCUT2D eigenvalue weighted by atomic mass is 10.1. The highest BCUT2D eigenvalue weighted by Crippen LogP contribution is 2.21. The highest BCUT2D eigenvalue weighted by molar-refractivity contribution is 5.72. The number of carboxylic acids is 1. The van der Waals surface area contributed by atoms with Gasteiger partial charge in [0.05, 0.1) is 12.2 Å². The molecule has 5 N–H and O–H groups in total. The second-order valence-electron chi connectivity index (χ2n) is 4.86. The third kappa shape index (κ3) is 3.89. The normalized spacial score (nSPS) is 33.9. The lowest BCUT2D eigenvalue weighted by molar-refractivity contribution is -0.138. The summed E-state index contributed by atoms with van der Waals surface area (Å²) in [6.07, 6.45) is -2.30. The van der Waals surface area contributed by atoms with Crippen LogP contribution >= 0.6 is 0 Å². The predicted molar refractivity (Wildman–Crippen MR) is 64.1 cm³/mol. The van der Waals surface area contributed by atoms with Gasteiger partial charge >= 0.3 is 5.97 Å². The van der Waals surface area contributed by atoms with Crippen LogP contribution in [-0.4, -0.2) is 76.8 Å². The molecule has 7 nitrogen and oxygen atoms in total. The van der Waals surface area contributed by atoms with Crippen molar-refractivity contribution in [1.29, 1.82) is 0 Å². The molecule has 5 atom stereocenters. The van der Waals surface area contributed by atoms with E-state index in [2.05, 4.69) is 0 Å². The summed E-state index contributed by atoms with van der Waals surface area (Å²) in [7, 11) is 1.79. The molecule has 1 saturated heterocycles. The van der Waals surface area contributed by atoms with Crippen LogP contribution in [-0.2, 0) is 9.53 Å². The maximum absolute atomic E-state index is 10.6. The van der Waals surface area contributed by atoms with E-state index in [1.165, 1.54) is 0 Å². The van der Waals surface area contributed by atoms with E-state index in [1.54, 1.807) is 14.0 Å². The topological polar surface area (TPSA) is 116 Å². The Morgan fingerprint density at radius 1 is 1.44 bits per heavy atom. The van der Waals surface area contributed by atoms with Gasteiger partial charge in [-0.3, -0.25) is 4.79 Å². The number of rotatable bonds is 6. The monoisotopic (exact) mass is 262 g/mol. The van der Waals surface area contributed by atoms with Crippen molar-refractivity contribution in [3.63, 3.8) is 0 Å². The molecule has 0 aliphatic carbocycles. The highest BCUT2D eigenvalue weighted by Gasteiger charge is 2.40. The molecule has 0 radical (unpaired) electrons. The number of ether oxygens (including phenoxy) is 1. The first-order valence-electron chi connectivity index (χ1n) is 6.01. The maximum atomic E-state index is 10.6. The van der Waals surface area contributed by atoms with Crippen LogP contribution in [0.5, 0.6) is 0 Å². The molecule has 1 rings (SSSR count). The number of hydrogen-bond acceptors (Lipinski definition) is 6. The summed E-state index contributed by atoms with van der Waals surface area (Å²) in [5.74, 6) is -1.02. The number of carboxylic acid groups (broad SMARTS) is 1. The van der Waals surface area contributed by atoms with E-state index in [9.17, 15) is 15.0 Å². The van der Waals surface area contributed by atoms with Crippen LogP contribution in [0.1, 0.15) is 13.3 Å². The Morgan fingerprint density at radius 3 is 2.50 bits per heavy atom. The third-order valence-corrected chi connectivity index (χ3v) is 3.23. The smallest absolute Gasteiger partial charge is 0.320 e. The molecule has 1 aliphatic heterocycles. The molecular formula is C11H22N2O5. The number of carbonyl (C=O) groups is 1. The predicted octanol–water partition coefficient (Wildman–Crippen LogP) is -1.77. The van der Waals surface area contributed by atoms with Crippen LogP contribution in [0.15, 0.2) is 0 Å². The maximum Gasteiger partial charge on any atom is 0.320 e. The van der Waals surface area contributed by atoms with Gasteiger partial charge in [0, 0.05) is 6.54 Å². The average Bonchev–Trinajstić information content (AvgIpc) is 2.54. The minimum Gasteiger partial charge on any atom is -0.480 e. The van der Waals surface area contributed by atoms with E-state index in [-0.39, 0.29) is 6.10 Å². The lowest BCUT2D eigenvalue weighted by Crippen LogP contribution is -2.40. The van der Waals surface area contributed by atoms with Gasteiger partial charge in [-0.25, -0.2) is 0 Å². The summed E-state index contributed by atoms with van der Waals surface area (Å²) >= 11 is 0. The summed E-state index contributed by atoms with van der Waals surface area (Å²) in [5, 5.41) is 27.9. The van der Waals surface area contributed by atoms with Gasteiger partial charge in [-0.05, 0) is 26.9 Å².